The van der Waals surface area contributed by atoms with Crippen LogP contribution < -0.4 is 9.80 Å². The van der Waals surface area contributed by atoms with Gasteiger partial charge in [-0.2, -0.15) is 0 Å². The van der Waals surface area contributed by atoms with Gasteiger partial charge in [-0.1, -0.05) is 0 Å². The molecule has 1 aromatic heterocycles. The van der Waals surface area contributed by atoms with Crippen molar-refractivity contribution in [2.45, 2.75) is 6.42 Å². The molecular formula is C15H23N5O2. The van der Waals surface area contributed by atoms with E-state index in [0.717, 1.165) is 44.2 Å². The quantitative estimate of drug-likeness (QED) is 0.796. The number of carbonyl (C=O) groups is 1. The smallest absolute Gasteiger partial charge is 0.228 e. The summed E-state index contributed by atoms with van der Waals surface area (Å²) in [5.41, 5.74) is 0. The van der Waals surface area contributed by atoms with Gasteiger partial charge < -0.3 is 19.4 Å². The Balaban J connectivity index is 1.55. The van der Waals surface area contributed by atoms with Crippen molar-refractivity contribution in [2.75, 3.05) is 63.3 Å². The Kier molecular flexibility index (Phi) is 4.42. The molecule has 2 aliphatic heterocycles. The monoisotopic (exact) mass is 305 g/mol. The van der Waals surface area contributed by atoms with E-state index >= 15 is 0 Å². The third kappa shape index (κ3) is 3.14. The molecule has 1 unspecified atom stereocenters. The third-order valence-electron chi connectivity index (χ3n) is 4.29. The van der Waals surface area contributed by atoms with Gasteiger partial charge in [-0.3, -0.25) is 4.79 Å². The second-order valence-electron chi connectivity index (χ2n) is 6.02. The zero-order valence-electron chi connectivity index (χ0n) is 13.2. The van der Waals surface area contributed by atoms with Gasteiger partial charge in [0, 0.05) is 46.9 Å². The summed E-state index contributed by atoms with van der Waals surface area (Å²) in [7, 11) is 3.89. The van der Waals surface area contributed by atoms with Gasteiger partial charge in [-0.15, -0.1) is 10.2 Å². The maximum absolute atomic E-state index is 12.4. The Hall–Kier alpha value is -1.89. The highest BCUT2D eigenvalue weighted by Gasteiger charge is 2.30. The normalized spacial score (nSPS) is 22.0. The summed E-state index contributed by atoms with van der Waals surface area (Å²) in [5.74, 6) is 2.03. The predicted octanol–water partition coefficient (Wildman–Crippen LogP) is 0.228. The fraction of sp³-hybridized carbons (Fsp3) is 0.667. The van der Waals surface area contributed by atoms with Crippen molar-refractivity contribution in [3.8, 4) is 0 Å². The van der Waals surface area contributed by atoms with E-state index in [4.69, 9.17) is 4.74 Å². The van der Waals surface area contributed by atoms with E-state index in [1.54, 1.807) is 0 Å². The lowest BCUT2D eigenvalue weighted by atomic mass is 10.1. The number of hydrogen-bond donors (Lipinski definition) is 0. The topological polar surface area (TPSA) is 61.8 Å². The van der Waals surface area contributed by atoms with Crippen LogP contribution >= 0.6 is 0 Å². The third-order valence-corrected chi connectivity index (χ3v) is 4.29. The van der Waals surface area contributed by atoms with Crippen LogP contribution in [-0.4, -0.2) is 74.5 Å². The summed E-state index contributed by atoms with van der Waals surface area (Å²) in [4.78, 5) is 18.4. The number of carbonyl (C=O) groups excluding carboxylic acids is 1. The van der Waals surface area contributed by atoms with E-state index in [0.29, 0.717) is 13.2 Å². The first-order chi connectivity index (χ1) is 10.6. The van der Waals surface area contributed by atoms with E-state index in [2.05, 4.69) is 15.1 Å². The Morgan fingerprint density at radius 1 is 1.23 bits per heavy atom. The van der Waals surface area contributed by atoms with Crippen LogP contribution in [0, 0.1) is 5.92 Å². The predicted molar refractivity (Wildman–Crippen MR) is 84.1 cm³/mol. The number of piperazine rings is 1. The standard InChI is InChI=1S/C15H23N5O2/c1-18(2)13-3-4-14(17-16-13)19-6-8-20(9-7-19)15(21)12-5-10-22-11-12/h3-4,12H,5-11H2,1-2H3. The summed E-state index contributed by atoms with van der Waals surface area (Å²) in [6, 6.07) is 3.96. The van der Waals surface area contributed by atoms with Crippen LogP contribution in [0.15, 0.2) is 12.1 Å². The van der Waals surface area contributed by atoms with Gasteiger partial charge in [0.2, 0.25) is 5.91 Å². The van der Waals surface area contributed by atoms with E-state index in [1.165, 1.54) is 0 Å². The molecule has 3 rings (SSSR count). The molecule has 2 aliphatic rings. The summed E-state index contributed by atoms with van der Waals surface area (Å²) >= 11 is 0. The Bertz CT molecular complexity index is 505. The molecule has 120 valence electrons. The zero-order chi connectivity index (χ0) is 15.5. The first-order valence-corrected chi connectivity index (χ1v) is 7.77. The molecule has 1 atom stereocenters. The van der Waals surface area contributed by atoms with Crippen LogP contribution in [0.3, 0.4) is 0 Å². The van der Waals surface area contributed by atoms with E-state index in [9.17, 15) is 4.79 Å². The minimum atomic E-state index is 0.0608. The average molecular weight is 305 g/mol. The van der Waals surface area contributed by atoms with E-state index in [-0.39, 0.29) is 11.8 Å². The molecule has 0 saturated carbocycles. The lowest BCUT2D eigenvalue weighted by molar-refractivity contribution is -0.135. The van der Waals surface area contributed by atoms with Crippen molar-refractivity contribution in [1.82, 2.24) is 15.1 Å². The number of hydrogen-bond acceptors (Lipinski definition) is 6. The molecule has 1 amide bonds. The van der Waals surface area contributed by atoms with E-state index in [1.807, 2.05) is 36.0 Å². The molecule has 0 radical (unpaired) electrons. The SMILES string of the molecule is CN(C)c1ccc(N2CCN(C(=O)C3CCOC3)CC2)nn1. The van der Waals surface area contributed by atoms with Crippen LogP contribution in [0.2, 0.25) is 0 Å². The van der Waals surface area contributed by atoms with Gasteiger partial charge in [0.15, 0.2) is 11.6 Å². The minimum Gasteiger partial charge on any atom is -0.381 e. The molecule has 1 aromatic rings. The van der Waals surface area contributed by atoms with Gasteiger partial charge in [0.1, 0.15) is 0 Å². The number of nitrogens with zero attached hydrogens (tertiary/aromatic N) is 5. The fourth-order valence-electron chi connectivity index (χ4n) is 2.87. The molecule has 2 fully saturated rings. The molecule has 0 aromatic carbocycles. The van der Waals surface area contributed by atoms with Crippen molar-refractivity contribution in [2.24, 2.45) is 5.92 Å². The summed E-state index contributed by atoms with van der Waals surface area (Å²) in [5, 5.41) is 8.49. The number of amides is 1. The number of rotatable bonds is 3. The Morgan fingerprint density at radius 2 is 2.00 bits per heavy atom. The molecular weight excluding hydrogens is 282 g/mol. The summed E-state index contributed by atoms with van der Waals surface area (Å²) in [6.07, 6.45) is 0.858. The minimum absolute atomic E-state index is 0.0608. The maximum atomic E-state index is 12.4. The van der Waals surface area contributed by atoms with Gasteiger partial charge >= 0.3 is 0 Å². The summed E-state index contributed by atoms with van der Waals surface area (Å²) in [6.45, 7) is 4.38. The van der Waals surface area contributed by atoms with Crippen molar-refractivity contribution >= 4 is 17.5 Å². The zero-order valence-corrected chi connectivity index (χ0v) is 13.2. The first kappa shape index (κ1) is 15.0. The Morgan fingerprint density at radius 3 is 2.55 bits per heavy atom. The maximum Gasteiger partial charge on any atom is 0.228 e. The molecule has 22 heavy (non-hydrogen) atoms. The van der Waals surface area contributed by atoms with Crippen molar-refractivity contribution in [3.05, 3.63) is 12.1 Å². The van der Waals surface area contributed by atoms with Crippen LogP contribution in [0.5, 0.6) is 0 Å². The van der Waals surface area contributed by atoms with E-state index < -0.39 is 0 Å². The lowest BCUT2D eigenvalue weighted by Gasteiger charge is -2.36. The van der Waals surface area contributed by atoms with Crippen molar-refractivity contribution < 1.29 is 9.53 Å². The van der Waals surface area contributed by atoms with Gasteiger partial charge in [0.25, 0.3) is 0 Å². The number of ether oxygens (including phenoxy) is 1. The number of anilines is 2. The molecule has 0 aliphatic carbocycles. The first-order valence-electron chi connectivity index (χ1n) is 7.77. The average Bonchev–Trinajstić information content (AvgIpc) is 3.09. The second kappa shape index (κ2) is 6.48. The molecule has 0 bridgehead atoms. The highest BCUT2D eigenvalue weighted by atomic mass is 16.5. The second-order valence-corrected chi connectivity index (χ2v) is 6.02. The van der Waals surface area contributed by atoms with Gasteiger partial charge in [-0.05, 0) is 18.6 Å². The molecule has 7 heteroatoms. The molecule has 0 N–H and O–H groups in total. The number of aromatic nitrogens is 2. The molecule has 2 saturated heterocycles. The Labute approximate surface area is 130 Å². The van der Waals surface area contributed by atoms with Crippen molar-refractivity contribution in [3.63, 3.8) is 0 Å². The largest absolute Gasteiger partial charge is 0.381 e. The lowest BCUT2D eigenvalue weighted by Crippen LogP contribution is -2.50. The van der Waals surface area contributed by atoms with Crippen LogP contribution in [0.4, 0.5) is 11.6 Å². The summed E-state index contributed by atoms with van der Waals surface area (Å²) < 4.78 is 5.31. The van der Waals surface area contributed by atoms with Gasteiger partial charge in [0.05, 0.1) is 12.5 Å². The van der Waals surface area contributed by atoms with Crippen LogP contribution in [0.25, 0.3) is 0 Å². The molecule has 7 nitrogen and oxygen atoms in total. The van der Waals surface area contributed by atoms with Crippen LogP contribution in [0.1, 0.15) is 6.42 Å². The van der Waals surface area contributed by atoms with Crippen LogP contribution in [-0.2, 0) is 9.53 Å². The highest BCUT2D eigenvalue weighted by Crippen LogP contribution is 2.19. The fourth-order valence-corrected chi connectivity index (χ4v) is 2.87. The molecule has 3 heterocycles. The highest BCUT2D eigenvalue weighted by molar-refractivity contribution is 5.79. The van der Waals surface area contributed by atoms with Gasteiger partial charge in [-0.25, -0.2) is 0 Å². The molecule has 0 spiro atoms. The van der Waals surface area contributed by atoms with Crippen molar-refractivity contribution in [1.29, 1.82) is 0 Å².